The summed E-state index contributed by atoms with van der Waals surface area (Å²) in [5.74, 6) is 2.73. The van der Waals surface area contributed by atoms with Crippen LogP contribution in [0.25, 0.3) is 10.9 Å². The first-order chi connectivity index (χ1) is 14.0. The summed E-state index contributed by atoms with van der Waals surface area (Å²) in [6, 6.07) is 17.1. The highest BCUT2D eigenvalue weighted by atomic mass is 16.5. The Labute approximate surface area is 171 Å². The van der Waals surface area contributed by atoms with Crippen LogP contribution in [0.2, 0.25) is 0 Å². The molecule has 1 aliphatic rings. The molecule has 5 nitrogen and oxygen atoms in total. The van der Waals surface area contributed by atoms with Crippen LogP contribution in [0.5, 0.6) is 5.75 Å². The minimum absolute atomic E-state index is 0.131. The first kappa shape index (κ1) is 19.2. The van der Waals surface area contributed by atoms with E-state index in [-0.39, 0.29) is 5.91 Å². The third kappa shape index (κ3) is 4.19. The summed E-state index contributed by atoms with van der Waals surface area (Å²) in [4.78, 5) is 20.3. The van der Waals surface area contributed by atoms with Gasteiger partial charge in [-0.2, -0.15) is 0 Å². The number of benzene rings is 2. The number of nitrogens with zero attached hydrogens (tertiary/aromatic N) is 2. The fourth-order valence-electron chi connectivity index (χ4n) is 4.23. The van der Waals surface area contributed by atoms with Gasteiger partial charge in [-0.3, -0.25) is 4.79 Å². The summed E-state index contributed by atoms with van der Waals surface area (Å²) in [5, 5.41) is 3.87. The zero-order chi connectivity index (χ0) is 20.4. The van der Waals surface area contributed by atoms with Crippen molar-refractivity contribution >= 4 is 28.3 Å². The van der Waals surface area contributed by atoms with Crippen molar-refractivity contribution in [3.05, 3.63) is 60.2 Å². The molecule has 1 aliphatic heterocycles. The van der Waals surface area contributed by atoms with Gasteiger partial charge in [0.25, 0.3) is 5.91 Å². The molecule has 150 valence electrons. The summed E-state index contributed by atoms with van der Waals surface area (Å²) in [6.45, 7) is 6.49. The maximum Gasteiger partial charge on any atom is 0.256 e. The molecule has 1 saturated heterocycles. The van der Waals surface area contributed by atoms with Gasteiger partial charge < -0.3 is 15.0 Å². The van der Waals surface area contributed by atoms with E-state index in [2.05, 4.69) is 24.1 Å². The summed E-state index contributed by atoms with van der Waals surface area (Å²) in [5.41, 5.74) is 2.22. The molecule has 2 atom stereocenters. The molecular weight excluding hydrogens is 362 g/mol. The van der Waals surface area contributed by atoms with Gasteiger partial charge in [-0.1, -0.05) is 32.0 Å². The average molecular weight is 389 g/mol. The van der Waals surface area contributed by atoms with Crippen LogP contribution in [-0.4, -0.2) is 31.1 Å². The van der Waals surface area contributed by atoms with Gasteiger partial charge in [0.2, 0.25) is 0 Å². The molecular formula is C24H27N3O2. The molecule has 0 spiro atoms. The SMILES string of the molecule is COc1ccc(NC(=O)c2cc(N3CC(C)CC(C)C3)nc3ccccc23)cc1. The number of aromatic nitrogens is 1. The number of nitrogens with one attached hydrogen (secondary N) is 1. The number of rotatable bonds is 4. The number of methoxy groups -OCH3 is 1. The second-order valence-corrected chi connectivity index (χ2v) is 8.08. The van der Waals surface area contributed by atoms with Crippen LogP contribution in [-0.2, 0) is 0 Å². The first-order valence-electron chi connectivity index (χ1n) is 10.1. The average Bonchev–Trinajstić information content (AvgIpc) is 2.72. The molecule has 1 amide bonds. The molecule has 0 saturated carbocycles. The lowest BCUT2D eigenvalue weighted by Gasteiger charge is -2.36. The van der Waals surface area contributed by atoms with E-state index in [0.29, 0.717) is 17.4 Å². The lowest BCUT2D eigenvalue weighted by molar-refractivity contribution is 0.102. The first-order valence-corrected chi connectivity index (χ1v) is 10.1. The molecule has 1 aromatic heterocycles. The minimum Gasteiger partial charge on any atom is -0.497 e. The highest BCUT2D eigenvalue weighted by Crippen LogP contribution is 2.29. The number of fused-ring (bicyclic) bond motifs is 1. The molecule has 29 heavy (non-hydrogen) atoms. The Bertz CT molecular complexity index is 1010. The molecule has 4 rings (SSSR count). The molecule has 5 heteroatoms. The number of para-hydroxylation sites is 1. The van der Waals surface area contributed by atoms with Crippen molar-refractivity contribution < 1.29 is 9.53 Å². The van der Waals surface area contributed by atoms with Crippen molar-refractivity contribution in [3.63, 3.8) is 0 Å². The smallest absolute Gasteiger partial charge is 0.256 e. The molecule has 0 radical (unpaired) electrons. The molecule has 2 heterocycles. The zero-order valence-electron chi connectivity index (χ0n) is 17.2. The van der Waals surface area contributed by atoms with Gasteiger partial charge >= 0.3 is 0 Å². The zero-order valence-corrected chi connectivity index (χ0v) is 17.2. The Balaban J connectivity index is 1.69. The number of amides is 1. The number of carbonyl (C=O) groups is 1. The van der Waals surface area contributed by atoms with E-state index < -0.39 is 0 Å². The lowest BCUT2D eigenvalue weighted by atomic mass is 9.92. The Morgan fingerprint density at radius 2 is 1.76 bits per heavy atom. The maximum absolute atomic E-state index is 13.2. The number of anilines is 2. The van der Waals surface area contributed by atoms with E-state index in [9.17, 15) is 4.79 Å². The molecule has 1 N–H and O–H groups in total. The van der Waals surface area contributed by atoms with Crippen molar-refractivity contribution in [1.82, 2.24) is 4.98 Å². The Kier molecular flexibility index (Phi) is 5.38. The fraction of sp³-hybridized carbons (Fsp3) is 0.333. The van der Waals surface area contributed by atoms with Gasteiger partial charge in [0.05, 0.1) is 18.2 Å². The molecule has 2 aromatic carbocycles. The van der Waals surface area contributed by atoms with E-state index in [1.807, 2.05) is 54.6 Å². The van der Waals surface area contributed by atoms with Gasteiger partial charge in [-0.05, 0) is 54.7 Å². The van der Waals surface area contributed by atoms with Crippen molar-refractivity contribution in [2.75, 3.05) is 30.4 Å². The fourth-order valence-corrected chi connectivity index (χ4v) is 4.23. The summed E-state index contributed by atoms with van der Waals surface area (Å²) in [6.07, 6.45) is 1.23. The predicted octanol–water partition coefficient (Wildman–Crippen LogP) is 4.98. The van der Waals surface area contributed by atoms with E-state index in [0.717, 1.165) is 41.2 Å². The molecule has 2 unspecified atom stereocenters. The maximum atomic E-state index is 13.2. The van der Waals surface area contributed by atoms with E-state index in [1.165, 1.54) is 6.42 Å². The standard InChI is InChI=1S/C24H27N3O2/c1-16-12-17(2)15-27(14-16)23-13-21(20-6-4-5-7-22(20)26-23)24(28)25-18-8-10-19(29-3)11-9-18/h4-11,13,16-17H,12,14-15H2,1-3H3,(H,25,28). The number of hydrogen-bond donors (Lipinski definition) is 1. The van der Waals surface area contributed by atoms with Crippen molar-refractivity contribution in [2.24, 2.45) is 11.8 Å². The highest BCUT2D eigenvalue weighted by molar-refractivity contribution is 6.13. The van der Waals surface area contributed by atoms with Crippen LogP contribution in [0.4, 0.5) is 11.5 Å². The predicted molar refractivity (Wildman–Crippen MR) is 118 cm³/mol. The van der Waals surface area contributed by atoms with Crippen molar-refractivity contribution in [1.29, 1.82) is 0 Å². The normalized spacial score (nSPS) is 19.2. The number of pyridine rings is 1. The summed E-state index contributed by atoms with van der Waals surface area (Å²) >= 11 is 0. The second kappa shape index (κ2) is 8.11. The summed E-state index contributed by atoms with van der Waals surface area (Å²) in [7, 11) is 1.63. The van der Waals surface area contributed by atoms with Gasteiger partial charge in [0.1, 0.15) is 11.6 Å². The molecule has 3 aromatic rings. The van der Waals surface area contributed by atoms with E-state index >= 15 is 0 Å². The van der Waals surface area contributed by atoms with Crippen LogP contribution in [0.3, 0.4) is 0 Å². The van der Waals surface area contributed by atoms with Crippen LogP contribution < -0.4 is 15.0 Å². The molecule has 0 aliphatic carbocycles. The Hall–Kier alpha value is -3.08. The summed E-state index contributed by atoms with van der Waals surface area (Å²) < 4.78 is 5.19. The molecule has 0 bridgehead atoms. The van der Waals surface area contributed by atoms with Crippen LogP contribution in [0.1, 0.15) is 30.6 Å². The Morgan fingerprint density at radius 1 is 1.07 bits per heavy atom. The largest absolute Gasteiger partial charge is 0.497 e. The Morgan fingerprint density at radius 3 is 2.45 bits per heavy atom. The number of carbonyl (C=O) groups excluding carboxylic acids is 1. The topological polar surface area (TPSA) is 54.5 Å². The molecule has 1 fully saturated rings. The van der Waals surface area contributed by atoms with Crippen LogP contribution in [0.15, 0.2) is 54.6 Å². The van der Waals surface area contributed by atoms with Crippen molar-refractivity contribution in [3.8, 4) is 5.75 Å². The number of ether oxygens (including phenoxy) is 1. The quantitative estimate of drug-likeness (QED) is 0.684. The van der Waals surface area contributed by atoms with E-state index in [4.69, 9.17) is 9.72 Å². The highest BCUT2D eigenvalue weighted by Gasteiger charge is 2.24. The van der Waals surface area contributed by atoms with Gasteiger partial charge in [-0.15, -0.1) is 0 Å². The number of piperidine rings is 1. The van der Waals surface area contributed by atoms with Gasteiger partial charge in [0.15, 0.2) is 0 Å². The lowest BCUT2D eigenvalue weighted by Crippen LogP contribution is -2.39. The van der Waals surface area contributed by atoms with Crippen molar-refractivity contribution in [2.45, 2.75) is 20.3 Å². The third-order valence-corrected chi connectivity index (χ3v) is 5.49. The third-order valence-electron chi connectivity index (χ3n) is 5.49. The monoisotopic (exact) mass is 389 g/mol. The minimum atomic E-state index is -0.131. The van der Waals surface area contributed by atoms with Gasteiger partial charge in [0, 0.05) is 24.2 Å². The number of hydrogen-bond acceptors (Lipinski definition) is 4. The van der Waals surface area contributed by atoms with Gasteiger partial charge in [-0.25, -0.2) is 4.98 Å². The second-order valence-electron chi connectivity index (χ2n) is 8.08. The van der Waals surface area contributed by atoms with Crippen LogP contribution >= 0.6 is 0 Å². The van der Waals surface area contributed by atoms with E-state index in [1.54, 1.807) is 7.11 Å². The van der Waals surface area contributed by atoms with Crippen LogP contribution in [0, 0.1) is 11.8 Å².